The number of benzene rings is 1. The van der Waals surface area contributed by atoms with Crippen LogP contribution >= 0.6 is 0 Å². The molecule has 0 radical (unpaired) electrons. The van der Waals surface area contributed by atoms with Gasteiger partial charge in [0.1, 0.15) is 0 Å². The Hall–Kier alpha value is -1.31. The molecule has 0 spiro atoms. The summed E-state index contributed by atoms with van der Waals surface area (Å²) in [6.07, 6.45) is 1.86. The fourth-order valence-corrected chi connectivity index (χ4v) is 1.54. The van der Waals surface area contributed by atoms with Gasteiger partial charge in [0.05, 0.1) is 17.4 Å². The lowest BCUT2D eigenvalue weighted by atomic mass is 10.1. The number of aromatic nitrogens is 2. The van der Waals surface area contributed by atoms with E-state index in [0.29, 0.717) is 0 Å². The standard InChI is InChI=1S/C10H12N2/c1-7-4-5-9-10(8(7)2)12(3)6-11-9/h4-6H,1-3H3. The first-order valence-corrected chi connectivity index (χ1v) is 4.07. The SMILES string of the molecule is Cc1ccc2ncn(C)c2c1C. The Labute approximate surface area is 71.8 Å². The van der Waals surface area contributed by atoms with Gasteiger partial charge in [-0.3, -0.25) is 0 Å². The third kappa shape index (κ3) is 0.843. The van der Waals surface area contributed by atoms with Gasteiger partial charge < -0.3 is 4.57 Å². The molecule has 1 aromatic heterocycles. The third-order valence-electron chi connectivity index (χ3n) is 2.40. The van der Waals surface area contributed by atoms with Gasteiger partial charge in [-0.05, 0) is 31.0 Å². The average Bonchev–Trinajstić information content (AvgIpc) is 2.41. The van der Waals surface area contributed by atoms with E-state index in [0.717, 1.165) is 5.52 Å². The highest BCUT2D eigenvalue weighted by molar-refractivity contribution is 5.79. The molecule has 0 saturated heterocycles. The summed E-state index contributed by atoms with van der Waals surface area (Å²) in [6.45, 7) is 4.27. The normalized spacial score (nSPS) is 10.9. The summed E-state index contributed by atoms with van der Waals surface area (Å²) < 4.78 is 2.07. The summed E-state index contributed by atoms with van der Waals surface area (Å²) in [5.41, 5.74) is 4.98. The highest BCUT2D eigenvalue weighted by Crippen LogP contribution is 2.19. The first kappa shape index (κ1) is 7.35. The van der Waals surface area contributed by atoms with E-state index in [-0.39, 0.29) is 0 Å². The molecule has 0 N–H and O–H groups in total. The van der Waals surface area contributed by atoms with Crippen molar-refractivity contribution in [3.05, 3.63) is 29.6 Å². The van der Waals surface area contributed by atoms with Gasteiger partial charge in [0.15, 0.2) is 0 Å². The van der Waals surface area contributed by atoms with Gasteiger partial charge >= 0.3 is 0 Å². The van der Waals surface area contributed by atoms with Crippen LogP contribution in [0.4, 0.5) is 0 Å². The molecule has 1 heterocycles. The smallest absolute Gasteiger partial charge is 0.0955 e. The molecule has 0 unspecified atom stereocenters. The molecule has 0 aliphatic carbocycles. The van der Waals surface area contributed by atoms with Crippen LogP contribution in [0, 0.1) is 13.8 Å². The number of fused-ring (bicyclic) bond motifs is 1. The Bertz CT molecular complexity index is 427. The van der Waals surface area contributed by atoms with E-state index >= 15 is 0 Å². The molecule has 0 fully saturated rings. The predicted octanol–water partition coefficient (Wildman–Crippen LogP) is 2.19. The van der Waals surface area contributed by atoms with Crippen LogP contribution in [-0.2, 0) is 7.05 Å². The van der Waals surface area contributed by atoms with Crippen LogP contribution in [0.5, 0.6) is 0 Å². The second-order valence-electron chi connectivity index (χ2n) is 3.23. The Morgan fingerprint density at radius 1 is 1.25 bits per heavy atom. The zero-order chi connectivity index (χ0) is 8.72. The summed E-state index contributed by atoms with van der Waals surface area (Å²) in [6, 6.07) is 4.18. The molecule has 0 saturated carbocycles. The topological polar surface area (TPSA) is 17.8 Å². The predicted molar refractivity (Wildman–Crippen MR) is 50.2 cm³/mol. The molecule has 12 heavy (non-hydrogen) atoms. The lowest BCUT2D eigenvalue weighted by Gasteiger charge is -2.02. The number of hydrogen-bond donors (Lipinski definition) is 0. The van der Waals surface area contributed by atoms with Crippen LogP contribution in [0.15, 0.2) is 18.5 Å². The summed E-state index contributed by atoms with van der Waals surface area (Å²) in [4.78, 5) is 4.28. The van der Waals surface area contributed by atoms with E-state index in [1.54, 1.807) is 0 Å². The number of rotatable bonds is 0. The zero-order valence-electron chi connectivity index (χ0n) is 7.63. The maximum Gasteiger partial charge on any atom is 0.0955 e. The maximum absolute atomic E-state index is 4.28. The Kier molecular flexibility index (Phi) is 1.43. The summed E-state index contributed by atoms with van der Waals surface area (Å²) >= 11 is 0. The highest BCUT2D eigenvalue weighted by atomic mass is 15.0. The molecule has 0 amide bonds. The number of nitrogens with zero attached hydrogens (tertiary/aromatic N) is 2. The van der Waals surface area contributed by atoms with Crippen molar-refractivity contribution < 1.29 is 0 Å². The van der Waals surface area contributed by atoms with Gasteiger partial charge in [0, 0.05) is 7.05 Å². The van der Waals surface area contributed by atoms with Crippen LogP contribution in [0.1, 0.15) is 11.1 Å². The van der Waals surface area contributed by atoms with Crippen molar-refractivity contribution in [2.45, 2.75) is 13.8 Å². The minimum Gasteiger partial charge on any atom is -0.334 e. The summed E-state index contributed by atoms with van der Waals surface area (Å²) in [7, 11) is 2.03. The Balaban J connectivity index is 2.96. The monoisotopic (exact) mass is 160 g/mol. The van der Waals surface area contributed by atoms with Crippen molar-refractivity contribution in [2.24, 2.45) is 7.05 Å². The number of hydrogen-bond acceptors (Lipinski definition) is 1. The molecule has 2 aromatic rings. The van der Waals surface area contributed by atoms with E-state index < -0.39 is 0 Å². The quantitative estimate of drug-likeness (QED) is 0.577. The second-order valence-corrected chi connectivity index (χ2v) is 3.23. The summed E-state index contributed by atoms with van der Waals surface area (Å²) in [5, 5.41) is 0. The van der Waals surface area contributed by atoms with E-state index in [1.165, 1.54) is 16.6 Å². The van der Waals surface area contributed by atoms with Crippen LogP contribution in [0.3, 0.4) is 0 Å². The zero-order valence-corrected chi connectivity index (χ0v) is 7.63. The molecule has 2 nitrogen and oxygen atoms in total. The lowest BCUT2D eigenvalue weighted by Crippen LogP contribution is -1.89. The van der Waals surface area contributed by atoms with Gasteiger partial charge in [-0.2, -0.15) is 0 Å². The molecule has 2 rings (SSSR count). The van der Waals surface area contributed by atoms with Crippen molar-refractivity contribution in [1.29, 1.82) is 0 Å². The van der Waals surface area contributed by atoms with Gasteiger partial charge in [-0.25, -0.2) is 4.98 Å². The molecule has 0 atom stereocenters. The van der Waals surface area contributed by atoms with Gasteiger partial charge in [0.2, 0.25) is 0 Å². The van der Waals surface area contributed by atoms with Gasteiger partial charge in [-0.1, -0.05) is 6.07 Å². The first-order valence-electron chi connectivity index (χ1n) is 4.07. The molecule has 0 bridgehead atoms. The van der Waals surface area contributed by atoms with Crippen molar-refractivity contribution in [3.63, 3.8) is 0 Å². The van der Waals surface area contributed by atoms with Crippen LogP contribution in [0.2, 0.25) is 0 Å². The van der Waals surface area contributed by atoms with Crippen molar-refractivity contribution >= 4 is 11.0 Å². The van der Waals surface area contributed by atoms with Crippen LogP contribution in [0.25, 0.3) is 11.0 Å². The van der Waals surface area contributed by atoms with Gasteiger partial charge in [-0.15, -0.1) is 0 Å². The largest absolute Gasteiger partial charge is 0.334 e. The molecular weight excluding hydrogens is 148 g/mol. The highest BCUT2D eigenvalue weighted by Gasteiger charge is 2.03. The lowest BCUT2D eigenvalue weighted by molar-refractivity contribution is 0.942. The molecular formula is C10H12N2. The molecule has 0 aliphatic heterocycles. The minimum absolute atomic E-state index is 1.08. The molecule has 0 aliphatic rings. The first-order chi connectivity index (χ1) is 5.70. The average molecular weight is 160 g/mol. The summed E-state index contributed by atoms with van der Waals surface area (Å²) in [5.74, 6) is 0. The Morgan fingerprint density at radius 3 is 2.75 bits per heavy atom. The van der Waals surface area contributed by atoms with E-state index in [2.05, 4.69) is 35.5 Å². The number of imidazole rings is 1. The molecule has 2 heteroatoms. The van der Waals surface area contributed by atoms with Crippen LogP contribution in [-0.4, -0.2) is 9.55 Å². The van der Waals surface area contributed by atoms with E-state index in [1.807, 2.05) is 13.4 Å². The molecule has 62 valence electrons. The Morgan fingerprint density at radius 2 is 2.00 bits per heavy atom. The molecule has 1 aromatic carbocycles. The van der Waals surface area contributed by atoms with Crippen molar-refractivity contribution in [1.82, 2.24) is 9.55 Å². The van der Waals surface area contributed by atoms with Gasteiger partial charge in [0.25, 0.3) is 0 Å². The fraction of sp³-hybridized carbons (Fsp3) is 0.300. The minimum atomic E-state index is 1.08. The van der Waals surface area contributed by atoms with Crippen LogP contribution < -0.4 is 0 Å². The van der Waals surface area contributed by atoms with Crippen molar-refractivity contribution in [3.8, 4) is 0 Å². The van der Waals surface area contributed by atoms with E-state index in [9.17, 15) is 0 Å². The fourth-order valence-electron chi connectivity index (χ4n) is 1.54. The maximum atomic E-state index is 4.28. The van der Waals surface area contributed by atoms with Crippen molar-refractivity contribution in [2.75, 3.05) is 0 Å². The number of aryl methyl sites for hydroxylation is 3. The van der Waals surface area contributed by atoms with E-state index in [4.69, 9.17) is 0 Å². The third-order valence-corrected chi connectivity index (χ3v) is 2.40. The second kappa shape index (κ2) is 2.34.